The summed E-state index contributed by atoms with van der Waals surface area (Å²) in [6, 6.07) is 0. The second kappa shape index (κ2) is 9.43. The fraction of sp³-hybridized carbons (Fsp3) is 0.444. The third kappa shape index (κ3) is 3.73. The standard InChI is InChI=1S/C14H17N.2C2H6/c1-4-8-13-11(5-2)12-9-6-7-10-14(12)15(13)3;2*1-2/h4-5,8-10H,1,6-7H2,2-3H3;2*1-2H3/b11-5-,13-8+;;. The van der Waals surface area contributed by atoms with Gasteiger partial charge in [0.05, 0.1) is 0 Å². The summed E-state index contributed by atoms with van der Waals surface area (Å²) in [5.41, 5.74) is 0. The third-order valence-electron chi connectivity index (χ3n) is 2.98. The Balaban J connectivity index is 0.000000741. The maximum atomic E-state index is 3.78. The van der Waals surface area contributed by atoms with Gasteiger partial charge < -0.3 is 4.57 Å². The predicted octanol–water partition coefficient (Wildman–Crippen LogP) is 2.20. The molecule has 0 radical (unpaired) electrons. The predicted molar refractivity (Wildman–Crippen MR) is 89.6 cm³/mol. The van der Waals surface area contributed by atoms with Crippen LogP contribution >= 0.6 is 0 Å². The Morgan fingerprint density at radius 2 is 1.68 bits per heavy atom. The molecule has 0 bridgehead atoms. The highest BCUT2D eigenvalue weighted by Gasteiger charge is 2.01. The lowest BCUT2D eigenvalue weighted by atomic mass is 10.1. The van der Waals surface area contributed by atoms with Crippen molar-refractivity contribution in [3.8, 4) is 0 Å². The van der Waals surface area contributed by atoms with E-state index in [1.807, 2.05) is 33.8 Å². The Hall–Kier alpha value is -1.50. The van der Waals surface area contributed by atoms with Crippen molar-refractivity contribution in [3.63, 3.8) is 0 Å². The summed E-state index contributed by atoms with van der Waals surface area (Å²) in [4.78, 5) is 0. The molecule has 0 unspecified atom stereocenters. The molecule has 106 valence electrons. The van der Waals surface area contributed by atoms with Crippen molar-refractivity contribution in [2.45, 2.75) is 47.5 Å². The van der Waals surface area contributed by atoms with Crippen LogP contribution in [0.4, 0.5) is 0 Å². The first-order chi connectivity index (χ1) is 9.29. The van der Waals surface area contributed by atoms with Gasteiger partial charge in [-0.05, 0) is 25.8 Å². The van der Waals surface area contributed by atoms with E-state index in [-0.39, 0.29) is 0 Å². The highest BCUT2D eigenvalue weighted by atomic mass is 14.9. The molecular formula is C18H29N. The molecule has 0 saturated carbocycles. The smallest absolute Gasteiger partial charge is 0.0484 e. The van der Waals surface area contributed by atoms with E-state index in [0.29, 0.717) is 0 Å². The normalized spacial score (nSPS) is 14.0. The van der Waals surface area contributed by atoms with E-state index < -0.39 is 0 Å². The largest absolute Gasteiger partial charge is 0.344 e. The molecule has 0 spiro atoms. The van der Waals surface area contributed by atoms with Crippen molar-refractivity contribution < 1.29 is 0 Å². The molecule has 1 aliphatic rings. The minimum Gasteiger partial charge on any atom is -0.344 e. The van der Waals surface area contributed by atoms with E-state index in [4.69, 9.17) is 0 Å². The van der Waals surface area contributed by atoms with Gasteiger partial charge in [-0.1, -0.05) is 58.6 Å². The van der Waals surface area contributed by atoms with E-state index in [1.54, 1.807) is 0 Å². The summed E-state index contributed by atoms with van der Waals surface area (Å²) in [7, 11) is 2.12. The number of hydrogen-bond donors (Lipinski definition) is 0. The molecule has 0 N–H and O–H groups in total. The van der Waals surface area contributed by atoms with Gasteiger partial charge in [0.25, 0.3) is 0 Å². The Morgan fingerprint density at radius 1 is 1.11 bits per heavy atom. The third-order valence-corrected chi connectivity index (χ3v) is 2.98. The minimum atomic E-state index is 1.15. The van der Waals surface area contributed by atoms with Crippen LogP contribution in [0.15, 0.2) is 12.7 Å². The van der Waals surface area contributed by atoms with Gasteiger partial charge in [0.15, 0.2) is 0 Å². The van der Waals surface area contributed by atoms with Gasteiger partial charge >= 0.3 is 0 Å². The van der Waals surface area contributed by atoms with E-state index in [0.717, 1.165) is 12.8 Å². The molecule has 0 saturated heterocycles. The zero-order chi connectivity index (χ0) is 14.8. The lowest BCUT2D eigenvalue weighted by molar-refractivity contribution is 0.847. The first kappa shape index (κ1) is 17.5. The summed E-state index contributed by atoms with van der Waals surface area (Å²) in [6.45, 7) is 13.9. The fourth-order valence-corrected chi connectivity index (χ4v) is 2.29. The number of hydrogen-bond acceptors (Lipinski definition) is 0. The number of fused-ring (bicyclic) bond motifs is 1. The molecule has 1 aliphatic carbocycles. The lowest BCUT2D eigenvalue weighted by Gasteiger charge is -1.97. The molecule has 0 atom stereocenters. The fourth-order valence-electron chi connectivity index (χ4n) is 2.29. The maximum absolute atomic E-state index is 3.78. The molecule has 0 fully saturated rings. The van der Waals surface area contributed by atoms with E-state index in [2.05, 4.69) is 49.4 Å². The highest BCUT2D eigenvalue weighted by Crippen LogP contribution is 1.92. The Labute approximate surface area is 118 Å². The average molecular weight is 259 g/mol. The Kier molecular flexibility index (Phi) is 8.69. The van der Waals surface area contributed by atoms with Crippen LogP contribution in [-0.2, 0) is 7.05 Å². The summed E-state index contributed by atoms with van der Waals surface area (Å²) >= 11 is 0. The number of allylic oxidation sites excluding steroid dienone is 1. The van der Waals surface area contributed by atoms with Crippen LogP contribution in [-0.4, -0.2) is 4.57 Å². The van der Waals surface area contributed by atoms with Crippen LogP contribution in [0, 0.1) is 0 Å². The summed E-state index contributed by atoms with van der Waals surface area (Å²) in [5, 5.41) is 5.33. The van der Waals surface area contributed by atoms with Crippen LogP contribution in [0.1, 0.15) is 47.5 Å². The summed E-state index contributed by atoms with van der Waals surface area (Å²) in [6.07, 6.45) is 13.1. The Bertz CT molecular complexity index is 612. The van der Waals surface area contributed by atoms with Crippen LogP contribution in [0.2, 0.25) is 0 Å². The molecule has 19 heavy (non-hydrogen) atoms. The van der Waals surface area contributed by atoms with Gasteiger partial charge in [0.1, 0.15) is 0 Å². The molecule has 0 aliphatic heterocycles. The molecular weight excluding hydrogens is 230 g/mol. The minimum absolute atomic E-state index is 1.15. The lowest BCUT2D eigenvalue weighted by Crippen LogP contribution is -2.38. The van der Waals surface area contributed by atoms with E-state index in [9.17, 15) is 0 Å². The van der Waals surface area contributed by atoms with Gasteiger partial charge in [0, 0.05) is 28.2 Å². The van der Waals surface area contributed by atoms with Crippen molar-refractivity contribution in [1.82, 2.24) is 4.57 Å². The van der Waals surface area contributed by atoms with Crippen LogP contribution in [0.5, 0.6) is 0 Å². The van der Waals surface area contributed by atoms with E-state index in [1.165, 1.54) is 21.1 Å². The van der Waals surface area contributed by atoms with Crippen LogP contribution in [0.3, 0.4) is 0 Å². The van der Waals surface area contributed by atoms with Crippen molar-refractivity contribution in [1.29, 1.82) is 0 Å². The SMILES string of the molecule is C=C/C=c1\c(=C/C)c2c(n1C)=CCCC=2.CC.CC. The molecule has 2 rings (SSSR count). The monoisotopic (exact) mass is 259 g/mol. The summed E-state index contributed by atoms with van der Waals surface area (Å²) in [5.74, 6) is 0. The van der Waals surface area contributed by atoms with E-state index >= 15 is 0 Å². The van der Waals surface area contributed by atoms with Crippen molar-refractivity contribution in [3.05, 3.63) is 33.8 Å². The maximum Gasteiger partial charge on any atom is 0.0484 e. The molecule has 1 heteroatoms. The van der Waals surface area contributed by atoms with Crippen molar-refractivity contribution in [2.24, 2.45) is 7.05 Å². The van der Waals surface area contributed by atoms with Crippen molar-refractivity contribution >= 4 is 24.3 Å². The van der Waals surface area contributed by atoms with Gasteiger partial charge in [-0.15, -0.1) is 0 Å². The molecule has 1 aromatic heterocycles. The second-order valence-corrected chi connectivity index (χ2v) is 3.83. The molecule has 1 aromatic rings. The summed E-state index contributed by atoms with van der Waals surface area (Å²) < 4.78 is 2.25. The molecule has 0 amide bonds. The molecule has 0 aromatic carbocycles. The topological polar surface area (TPSA) is 4.93 Å². The van der Waals surface area contributed by atoms with Crippen molar-refractivity contribution in [2.75, 3.05) is 0 Å². The van der Waals surface area contributed by atoms with Gasteiger partial charge in [-0.3, -0.25) is 0 Å². The van der Waals surface area contributed by atoms with Gasteiger partial charge in [-0.2, -0.15) is 0 Å². The van der Waals surface area contributed by atoms with Gasteiger partial charge in [-0.25, -0.2) is 0 Å². The second-order valence-electron chi connectivity index (χ2n) is 3.83. The number of nitrogens with zero attached hydrogens (tertiary/aromatic N) is 1. The van der Waals surface area contributed by atoms with Gasteiger partial charge in [0.2, 0.25) is 0 Å². The Morgan fingerprint density at radius 3 is 2.21 bits per heavy atom. The number of rotatable bonds is 1. The zero-order valence-corrected chi connectivity index (χ0v) is 13.5. The number of aromatic nitrogens is 1. The first-order valence-electron chi connectivity index (χ1n) is 7.43. The first-order valence-corrected chi connectivity index (χ1v) is 7.43. The van der Waals surface area contributed by atoms with Crippen LogP contribution < -0.4 is 21.1 Å². The molecule has 1 heterocycles. The molecule has 1 nitrogen and oxygen atoms in total. The highest BCUT2D eigenvalue weighted by molar-refractivity contribution is 5.43. The zero-order valence-electron chi connectivity index (χ0n) is 13.5. The average Bonchev–Trinajstić information content (AvgIpc) is 2.77. The quantitative estimate of drug-likeness (QED) is 0.729. The van der Waals surface area contributed by atoms with Crippen LogP contribution in [0.25, 0.3) is 24.3 Å².